The standard InChI is InChI=1S/C21H25N3O2/c22-18-10-5-4-7-16(18)12-13-20(25)23-19(17-8-2-1-3-9-17)15-24-14-6-11-21(24)26/h1-5,7-10,19H,6,11-15,22H2,(H,23,25). The maximum Gasteiger partial charge on any atom is 0.222 e. The number of likely N-dealkylation sites (tertiary alicyclic amines) is 1. The first-order valence-electron chi connectivity index (χ1n) is 9.09. The lowest BCUT2D eigenvalue weighted by molar-refractivity contribution is -0.129. The lowest BCUT2D eigenvalue weighted by Gasteiger charge is -2.25. The highest BCUT2D eigenvalue weighted by atomic mass is 16.2. The summed E-state index contributed by atoms with van der Waals surface area (Å²) in [5.74, 6) is 0.131. The van der Waals surface area contributed by atoms with E-state index in [0.29, 0.717) is 31.5 Å². The molecule has 2 amide bonds. The Hall–Kier alpha value is -2.82. The van der Waals surface area contributed by atoms with Gasteiger partial charge in [-0.3, -0.25) is 9.59 Å². The first-order chi connectivity index (χ1) is 12.6. The van der Waals surface area contributed by atoms with E-state index < -0.39 is 0 Å². The van der Waals surface area contributed by atoms with E-state index in [-0.39, 0.29) is 17.9 Å². The summed E-state index contributed by atoms with van der Waals surface area (Å²) >= 11 is 0. The predicted molar refractivity (Wildman–Crippen MR) is 102 cm³/mol. The van der Waals surface area contributed by atoms with Gasteiger partial charge in [0.25, 0.3) is 0 Å². The number of anilines is 1. The highest BCUT2D eigenvalue weighted by molar-refractivity contribution is 5.79. The molecule has 26 heavy (non-hydrogen) atoms. The average molecular weight is 351 g/mol. The van der Waals surface area contributed by atoms with Crippen LogP contribution in [0, 0.1) is 0 Å². The second-order valence-electron chi connectivity index (χ2n) is 6.67. The normalized spacial score (nSPS) is 15.1. The molecule has 0 aromatic heterocycles. The van der Waals surface area contributed by atoms with Crippen LogP contribution in [0.15, 0.2) is 54.6 Å². The molecule has 0 bridgehead atoms. The van der Waals surface area contributed by atoms with Gasteiger partial charge in [-0.2, -0.15) is 0 Å². The molecule has 1 aliphatic heterocycles. The van der Waals surface area contributed by atoms with Crippen LogP contribution in [0.2, 0.25) is 0 Å². The van der Waals surface area contributed by atoms with Gasteiger partial charge in [0.1, 0.15) is 0 Å². The van der Waals surface area contributed by atoms with Crippen LogP contribution >= 0.6 is 0 Å². The molecule has 2 aromatic rings. The van der Waals surface area contributed by atoms with Crippen molar-refractivity contribution in [2.75, 3.05) is 18.8 Å². The molecule has 0 radical (unpaired) electrons. The molecule has 1 heterocycles. The summed E-state index contributed by atoms with van der Waals surface area (Å²) in [5.41, 5.74) is 8.65. The minimum atomic E-state index is -0.195. The molecule has 1 saturated heterocycles. The van der Waals surface area contributed by atoms with E-state index in [1.54, 1.807) is 0 Å². The van der Waals surface area contributed by atoms with Gasteiger partial charge < -0.3 is 16.0 Å². The second kappa shape index (κ2) is 8.52. The van der Waals surface area contributed by atoms with Gasteiger partial charge in [-0.25, -0.2) is 0 Å². The molecule has 1 unspecified atom stereocenters. The number of amides is 2. The molecule has 1 fully saturated rings. The second-order valence-corrected chi connectivity index (χ2v) is 6.67. The summed E-state index contributed by atoms with van der Waals surface area (Å²) < 4.78 is 0. The van der Waals surface area contributed by atoms with Gasteiger partial charge in [-0.15, -0.1) is 0 Å². The largest absolute Gasteiger partial charge is 0.399 e. The van der Waals surface area contributed by atoms with Crippen molar-refractivity contribution in [3.63, 3.8) is 0 Å². The molecule has 3 rings (SSSR count). The summed E-state index contributed by atoms with van der Waals surface area (Å²) in [7, 11) is 0. The topological polar surface area (TPSA) is 75.4 Å². The van der Waals surface area contributed by atoms with Crippen LogP contribution in [0.25, 0.3) is 0 Å². The Balaban J connectivity index is 1.64. The predicted octanol–water partition coefficient (Wildman–Crippen LogP) is 2.68. The molecule has 136 valence electrons. The number of carbonyl (C=O) groups is 2. The molecule has 1 atom stereocenters. The maximum absolute atomic E-state index is 12.5. The van der Waals surface area contributed by atoms with Crippen LogP contribution in [0.4, 0.5) is 5.69 Å². The van der Waals surface area contributed by atoms with Gasteiger partial charge in [-0.05, 0) is 30.0 Å². The Morgan fingerprint density at radius 1 is 1.12 bits per heavy atom. The number of rotatable bonds is 7. The van der Waals surface area contributed by atoms with E-state index in [2.05, 4.69) is 5.32 Å². The summed E-state index contributed by atoms with van der Waals surface area (Å²) in [4.78, 5) is 26.3. The van der Waals surface area contributed by atoms with Crippen molar-refractivity contribution in [1.82, 2.24) is 10.2 Å². The van der Waals surface area contributed by atoms with E-state index in [4.69, 9.17) is 5.73 Å². The third-order valence-corrected chi connectivity index (χ3v) is 4.79. The lowest BCUT2D eigenvalue weighted by atomic mass is 10.0. The van der Waals surface area contributed by atoms with Gasteiger partial charge in [0.15, 0.2) is 0 Å². The van der Waals surface area contributed by atoms with E-state index >= 15 is 0 Å². The van der Waals surface area contributed by atoms with E-state index in [0.717, 1.165) is 24.1 Å². The number of nitrogens with zero attached hydrogens (tertiary/aromatic N) is 1. The van der Waals surface area contributed by atoms with Gasteiger partial charge in [0, 0.05) is 31.6 Å². The Morgan fingerprint density at radius 3 is 2.54 bits per heavy atom. The first-order valence-corrected chi connectivity index (χ1v) is 9.09. The third-order valence-electron chi connectivity index (χ3n) is 4.79. The van der Waals surface area contributed by atoms with Gasteiger partial charge >= 0.3 is 0 Å². The van der Waals surface area contributed by atoms with Gasteiger partial charge in [0.05, 0.1) is 6.04 Å². The highest BCUT2D eigenvalue weighted by Crippen LogP contribution is 2.19. The van der Waals surface area contributed by atoms with Crippen LogP contribution in [0.3, 0.4) is 0 Å². The number of nitrogen functional groups attached to an aromatic ring is 1. The number of hydrogen-bond donors (Lipinski definition) is 2. The highest BCUT2D eigenvalue weighted by Gasteiger charge is 2.25. The molecule has 0 spiro atoms. The minimum Gasteiger partial charge on any atom is -0.399 e. The number of nitrogens with two attached hydrogens (primary N) is 1. The Kier molecular flexibility index (Phi) is 5.89. The summed E-state index contributed by atoms with van der Waals surface area (Å²) in [6, 6.07) is 17.2. The Bertz CT molecular complexity index is 761. The van der Waals surface area contributed by atoms with Crippen molar-refractivity contribution in [1.29, 1.82) is 0 Å². The average Bonchev–Trinajstić information content (AvgIpc) is 3.06. The zero-order valence-corrected chi connectivity index (χ0v) is 14.9. The van der Waals surface area contributed by atoms with Crippen LogP contribution in [0.5, 0.6) is 0 Å². The fourth-order valence-corrected chi connectivity index (χ4v) is 3.31. The molecule has 0 aliphatic carbocycles. The molecule has 2 aromatic carbocycles. The van der Waals surface area contributed by atoms with Crippen molar-refractivity contribution >= 4 is 17.5 Å². The Labute approximate surface area is 154 Å². The quantitative estimate of drug-likeness (QED) is 0.753. The van der Waals surface area contributed by atoms with Crippen molar-refractivity contribution < 1.29 is 9.59 Å². The van der Waals surface area contributed by atoms with Crippen molar-refractivity contribution in [3.05, 3.63) is 65.7 Å². The smallest absolute Gasteiger partial charge is 0.222 e. The number of nitrogens with one attached hydrogen (secondary N) is 1. The van der Waals surface area contributed by atoms with Gasteiger partial charge in [-0.1, -0.05) is 48.5 Å². The molecule has 1 aliphatic rings. The fourth-order valence-electron chi connectivity index (χ4n) is 3.31. The number of hydrogen-bond acceptors (Lipinski definition) is 3. The summed E-state index contributed by atoms with van der Waals surface area (Å²) in [6.45, 7) is 1.28. The minimum absolute atomic E-state index is 0.0336. The molecular weight excluding hydrogens is 326 g/mol. The summed E-state index contributed by atoms with van der Waals surface area (Å²) in [5, 5.41) is 3.10. The zero-order valence-electron chi connectivity index (χ0n) is 14.9. The zero-order chi connectivity index (χ0) is 18.4. The van der Waals surface area contributed by atoms with Crippen molar-refractivity contribution in [2.24, 2.45) is 0 Å². The number of carbonyl (C=O) groups excluding carboxylic acids is 2. The fraction of sp³-hybridized carbons (Fsp3) is 0.333. The number of aryl methyl sites for hydroxylation is 1. The summed E-state index contributed by atoms with van der Waals surface area (Å²) in [6.07, 6.45) is 2.46. The van der Waals surface area contributed by atoms with E-state index in [1.165, 1.54) is 0 Å². The Morgan fingerprint density at radius 2 is 1.85 bits per heavy atom. The van der Waals surface area contributed by atoms with Crippen LogP contribution in [0.1, 0.15) is 36.4 Å². The van der Waals surface area contributed by atoms with Crippen molar-refractivity contribution in [2.45, 2.75) is 31.7 Å². The molecular formula is C21H25N3O2. The van der Waals surface area contributed by atoms with E-state index in [9.17, 15) is 9.59 Å². The lowest BCUT2D eigenvalue weighted by Crippen LogP contribution is -2.38. The molecule has 5 nitrogen and oxygen atoms in total. The van der Waals surface area contributed by atoms with Crippen molar-refractivity contribution in [3.8, 4) is 0 Å². The van der Waals surface area contributed by atoms with Gasteiger partial charge in [0.2, 0.25) is 11.8 Å². The maximum atomic E-state index is 12.5. The molecule has 0 saturated carbocycles. The molecule has 5 heteroatoms. The number of benzene rings is 2. The van der Waals surface area contributed by atoms with Crippen LogP contribution in [-0.2, 0) is 16.0 Å². The van der Waals surface area contributed by atoms with Crippen LogP contribution in [-0.4, -0.2) is 29.8 Å². The molecule has 3 N–H and O–H groups in total. The van der Waals surface area contributed by atoms with Crippen LogP contribution < -0.4 is 11.1 Å². The number of para-hydroxylation sites is 1. The SMILES string of the molecule is Nc1ccccc1CCC(=O)NC(CN1CCCC1=O)c1ccccc1. The first kappa shape index (κ1) is 18.0. The van der Waals surface area contributed by atoms with E-state index in [1.807, 2.05) is 59.5 Å². The monoisotopic (exact) mass is 351 g/mol. The third kappa shape index (κ3) is 4.63.